The van der Waals surface area contributed by atoms with Crippen LogP contribution in [0.5, 0.6) is 0 Å². The van der Waals surface area contributed by atoms with Gasteiger partial charge < -0.3 is 0 Å². The minimum Gasteiger partial charge on any atom is -0.156 e. The highest BCUT2D eigenvalue weighted by Crippen LogP contribution is 2.19. The zero-order valence-corrected chi connectivity index (χ0v) is 7.50. The van der Waals surface area contributed by atoms with Crippen LogP contribution in [0.3, 0.4) is 0 Å². The molecule has 1 radical (unpaired) electrons. The van der Waals surface area contributed by atoms with E-state index in [0.29, 0.717) is 5.25 Å². The van der Waals surface area contributed by atoms with Gasteiger partial charge in [0.25, 0.3) is 0 Å². The van der Waals surface area contributed by atoms with Gasteiger partial charge in [0.2, 0.25) is 0 Å². The smallest absolute Gasteiger partial charge is 0.00499 e. The van der Waals surface area contributed by atoms with E-state index in [2.05, 4.69) is 27.7 Å². The Hall–Kier alpha value is 0.350. The summed E-state index contributed by atoms with van der Waals surface area (Å²) in [4.78, 5) is 0. The Morgan fingerprint density at radius 2 is 2.00 bits per heavy atom. The molecule has 0 aliphatic carbocycles. The zero-order chi connectivity index (χ0) is 7.28. The predicted octanol–water partition coefficient (Wildman–Crippen LogP) is 3.13. The molecule has 0 fully saturated rings. The van der Waals surface area contributed by atoms with Gasteiger partial charge in [-0.25, -0.2) is 0 Å². The molecule has 0 amide bonds. The molecule has 0 rings (SSSR count). The van der Waals surface area contributed by atoms with Gasteiger partial charge in [0.05, 0.1) is 0 Å². The number of thioether (sulfide) groups is 1. The van der Waals surface area contributed by atoms with Crippen LogP contribution in [0, 0.1) is 6.92 Å². The molecule has 0 nitrogen and oxygen atoms in total. The van der Waals surface area contributed by atoms with Crippen molar-refractivity contribution in [2.75, 3.05) is 0 Å². The fourth-order valence-corrected chi connectivity index (χ4v) is 1.92. The van der Waals surface area contributed by atoms with Crippen LogP contribution in [0.15, 0.2) is 0 Å². The minimum absolute atomic E-state index is 0.606. The standard InChI is InChI=1S/C8H17S/c1-5-6-8(4)9-7(2)3/h7-8H,4-6H2,1-3H3. The Labute approximate surface area is 63.4 Å². The predicted molar refractivity (Wildman–Crippen MR) is 46.8 cm³/mol. The van der Waals surface area contributed by atoms with E-state index in [1.807, 2.05) is 11.8 Å². The van der Waals surface area contributed by atoms with Crippen molar-refractivity contribution in [3.8, 4) is 0 Å². The van der Waals surface area contributed by atoms with Crippen molar-refractivity contribution >= 4 is 11.8 Å². The van der Waals surface area contributed by atoms with Crippen molar-refractivity contribution in [1.82, 2.24) is 0 Å². The lowest BCUT2D eigenvalue weighted by Crippen LogP contribution is -2.00. The highest BCUT2D eigenvalue weighted by Gasteiger charge is 2.02. The maximum atomic E-state index is 4.03. The van der Waals surface area contributed by atoms with Gasteiger partial charge in [-0.1, -0.05) is 27.2 Å². The highest BCUT2D eigenvalue weighted by atomic mass is 32.2. The molecule has 0 saturated heterocycles. The van der Waals surface area contributed by atoms with Crippen LogP contribution < -0.4 is 0 Å². The molecule has 1 heteroatoms. The van der Waals surface area contributed by atoms with Crippen molar-refractivity contribution < 1.29 is 0 Å². The summed E-state index contributed by atoms with van der Waals surface area (Å²) < 4.78 is 0. The molecular formula is C8H17S. The Morgan fingerprint density at radius 1 is 1.44 bits per heavy atom. The van der Waals surface area contributed by atoms with Gasteiger partial charge in [-0.2, -0.15) is 11.8 Å². The van der Waals surface area contributed by atoms with E-state index in [0.717, 1.165) is 5.25 Å². The lowest BCUT2D eigenvalue weighted by molar-refractivity contribution is 0.822. The van der Waals surface area contributed by atoms with Gasteiger partial charge in [0.1, 0.15) is 0 Å². The molecule has 1 atom stereocenters. The lowest BCUT2D eigenvalue weighted by atomic mass is 10.3. The van der Waals surface area contributed by atoms with Gasteiger partial charge in [0.15, 0.2) is 0 Å². The molecule has 0 heterocycles. The van der Waals surface area contributed by atoms with E-state index in [4.69, 9.17) is 0 Å². The summed E-state index contributed by atoms with van der Waals surface area (Å²) in [7, 11) is 0. The summed E-state index contributed by atoms with van der Waals surface area (Å²) >= 11 is 1.97. The highest BCUT2D eigenvalue weighted by molar-refractivity contribution is 8.00. The summed E-state index contributed by atoms with van der Waals surface area (Å²) in [6, 6.07) is 0. The quantitative estimate of drug-likeness (QED) is 0.585. The molecule has 1 unspecified atom stereocenters. The topological polar surface area (TPSA) is 0 Å². The molecular weight excluding hydrogens is 128 g/mol. The van der Waals surface area contributed by atoms with Crippen LogP contribution in [0.1, 0.15) is 33.6 Å². The maximum Gasteiger partial charge on any atom is 0.00499 e. The van der Waals surface area contributed by atoms with Crippen LogP contribution in [0.25, 0.3) is 0 Å². The number of hydrogen-bond acceptors (Lipinski definition) is 1. The van der Waals surface area contributed by atoms with E-state index in [1.165, 1.54) is 12.8 Å². The normalized spacial score (nSPS) is 14.3. The van der Waals surface area contributed by atoms with Crippen LogP contribution in [-0.2, 0) is 0 Å². The van der Waals surface area contributed by atoms with E-state index in [9.17, 15) is 0 Å². The van der Waals surface area contributed by atoms with Crippen molar-refractivity contribution in [2.45, 2.75) is 44.1 Å². The molecule has 0 aromatic heterocycles. The first-order valence-electron chi connectivity index (χ1n) is 3.65. The van der Waals surface area contributed by atoms with Gasteiger partial charge >= 0.3 is 0 Å². The van der Waals surface area contributed by atoms with E-state index in [-0.39, 0.29) is 0 Å². The molecule has 55 valence electrons. The second kappa shape index (κ2) is 5.16. The minimum atomic E-state index is 0.606. The molecule has 0 spiro atoms. The van der Waals surface area contributed by atoms with Crippen LogP contribution in [0.4, 0.5) is 0 Å². The molecule has 0 aliphatic rings. The second-order valence-corrected chi connectivity index (χ2v) is 4.48. The molecule has 0 aromatic carbocycles. The van der Waals surface area contributed by atoms with E-state index < -0.39 is 0 Å². The van der Waals surface area contributed by atoms with Crippen LogP contribution in [0.2, 0.25) is 0 Å². The van der Waals surface area contributed by atoms with Gasteiger partial charge in [-0.05, 0) is 18.6 Å². The third kappa shape index (κ3) is 6.23. The van der Waals surface area contributed by atoms with Crippen LogP contribution >= 0.6 is 11.8 Å². The Kier molecular flexibility index (Phi) is 5.36. The van der Waals surface area contributed by atoms with Crippen molar-refractivity contribution in [3.63, 3.8) is 0 Å². The van der Waals surface area contributed by atoms with Crippen molar-refractivity contribution in [2.24, 2.45) is 0 Å². The van der Waals surface area contributed by atoms with Crippen molar-refractivity contribution in [1.29, 1.82) is 0 Å². The van der Waals surface area contributed by atoms with E-state index >= 15 is 0 Å². The second-order valence-electron chi connectivity index (χ2n) is 2.60. The van der Waals surface area contributed by atoms with E-state index in [1.54, 1.807) is 0 Å². The first-order valence-corrected chi connectivity index (χ1v) is 4.59. The summed E-state index contributed by atoms with van der Waals surface area (Å²) in [5.41, 5.74) is 0. The first kappa shape index (κ1) is 9.35. The fourth-order valence-electron chi connectivity index (χ4n) is 0.775. The van der Waals surface area contributed by atoms with Crippen LogP contribution in [-0.4, -0.2) is 10.5 Å². The molecule has 0 saturated carbocycles. The molecule has 0 N–H and O–H groups in total. The summed E-state index contributed by atoms with van der Waals surface area (Å²) in [6.45, 7) is 10.7. The lowest BCUT2D eigenvalue weighted by Gasteiger charge is -2.11. The first-order chi connectivity index (χ1) is 4.16. The average molecular weight is 145 g/mol. The van der Waals surface area contributed by atoms with Gasteiger partial charge in [0, 0.05) is 5.25 Å². The van der Waals surface area contributed by atoms with Crippen molar-refractivity contribution in [3.05, 3.63) is 6.92 Å². The molecule has 0 aliphatic heterocycles. The maximum absolute atomic E-state index is 4.03. The number of rotatable bonds is 4. The monoisotopic (exact) mass is 145 g/mol. The molecule has 0 bridgehead atoms. The van der Waals surface area contributed by atoms with Gasteiger partial charge in [-0.15, -0.1) is 0 Å². The largest absolute Gasteiger partial charge is 0.156 e. The Bertz CT molecular complexity index is 59.6. The number of hydrogen-bond donors (Lipinski definition) is 0. The summed E-state index contributed by atoms with van der Waals surface area (Å²) in [5, 5.41) is 1.34. The fraction of sp³-hybridized carbons (Fsp3) is 0.875. The Morgan fingerprint density at radius 3 is 2.33 bits per heavy atom. The zero-order valence-electron chi connectivity index (χ0n) is 6.68. The summed E-state index contributed by atoms with van der Waals surface area (Å²) in [6.07, 6.45) is 2.51. The average Bonchev–Trinajstić information content (AvgIpc) is 1.63. The third-order valence-electron chi connectivity index (χ3n) is 1.08. The van der Waals surface area contributed by atoms with Gasteiger partial charge in [-0.3, -0.25) is 0 Å². The summed E-state index contributed by atoms with van der Waals surface area (Å²) in [5.74, 6) is 0. The molecule has 9 heavy (non-hydrogen) atoms. The SMILES string of the molecule is [CH2]C(CCC)SC(C)C. The molecule has 0 aromatic rings. The third-order valence-corrected chi connectivity index (χ3v) is 2.24. The Balaban J connectivity index is 3.15.